The van der Waals surface area contributed by atoms with E-state index in [1.165, 1.54) is 18.2 Å². The molecule has 0 bridgehead atoms. The van der Waals surface area contributed by atoms with Crippen molar-refractivity contribution in [3.63, 3.8) is 0 Å². The van der Waals surface area contributed by atoms with E-state index in [9.17, 15) is 9.18 Å². The number of carbonyl (C=O) groups is 1. The summed E-state index contributed by atoms with van der Waals surface area (Å²) in [5.41, 5.74) is 0.734. The topological polar surface area (TPSA) is 50.4 Å². The highest BCUT2D eigenvalue weighted by Gasteiger charge is 2.42. The molecule has 1 atom stereocenters. The summed E-state index contributed by atoms with van der Waals surface area (Å²) in [4.78, 5) is 12.3. The minimum atomic E-state index is -0.316. The average Bonchev–Trinajstić information content (AvgIpc) is 2.86. The van der Waals surface area contributed by atoms with Gasteiger partial charge in [-0.2, -0.15) is 0 Å². The van der Waals surface area contributed by atoms with E-state index in [2.05, 4.69) is 10.6 Å². The van der Waals surface area contributed by atoms with Crippen molar-refractivity contribution < 1.29 is 13.9 Å². The van der Waals surface area contributed by atoms with Gasteiger partial charge < -0.3 is 15.4 Å². The number of benzene rings is 1. The smallest absolute Gasteiger partial charge is 0.315 e. The molecule has 1 spiro atoms. The van der Waals surface area contributed by atoms with Gasteiger partial charge in [0.15, 0.2) is 0 Å². The summed E-state index contributed by atoms with van der Waals surface area (Å²) in [5.74, 6) is -0.198. The Morgan fingerprint density at radius 1 is 1.38 bits per heavy atom. The second-order valence-electron chi connectivity index (χ2n) is 6.14. The fourth-order valence-corrected chi connectivity index (χ4v) is 3.33. The van der Waals surface area contributed by atoms with Gasteiger partial charge >= 0.3 is 5.97 Å². The number of aryl methyl sites for hydroxylation is 1. The van der Waals surface area contributed by atoms with Crippen molar-refractivity contribution in [3.8, 4) is 5.75 Å². The van der Waals surface area contributed by atoms with Crippen LogP contribution in [0.1, 0.15) is 24.8 Å². The van der Waals surface area contributed by atoms with Gasteiger partial charge in [0.05, 0.1) is 5.92 Å². The van der Waals surface area contributed by atoms with E-state index in [1.54, 1.807) is 6.92 Å². The summed E-state index contributed by atoms with van der Waals surface area (Å²) in [5, 5.41) is 6.85. The Hall–Kier alpha value is -1.46. The summed E-state index contributed by atoms with van der Waals surface area (Å²) in [6.45, 7) is 4.39. The van der Waals surface area contributed by atoms with Crippen molar-refractivity contribution >= 4 is 5.97 Å². The Kier molecular flexibility index (Phi) is 3.95. The lowest BCUT2D eigenvalue weighted by Crippen LogP contribution is -2.48. The third kappa shape index (κ3) is 3.09. The van der Waals surface area contributed by atoms with Gasteiger partial charge in [-0.15, -0.1) is 0 Å². The molecule has 1 unspecified atom stereocenters. The highest BCUT2D eigenvalue weighted by Crippen LogP contribution is 2.33. The van der Waals surface area contributed by atoms with Crippen molar-refractivity contribution in [1.29, 1.82) is 0 Å². The zero-order chi connectivity index (χ0) is 14.9. The molecule has 0 aromatic heterocycles. The van der Waals surface area contributed by atoms with E-state index in [0.29, 0.717) is 17.9 Å². The minimum absolute atomic E-state index is 0.0901. The molecule has 2 heterocycles. The van der Waals surface area contributed by atoms with E-state index in [0.717, 1.165) is 32.4 Å². The van der Waals surface area contributed by atoms with Crippen LogP contribution < -0.4 is 15.4 Å². The van der Waals surface area contributed by atoms with Crippen molar-refractivity contribution in [2.45, 2.75) is 31.7 Å². The molecule has 2 saturated heterocycles. The highest BCUT2D eigenvalue weighted by atomic mass is 19.1. The molecule has 3 rings (SSSR count). The normalized spacial score (nSPS) is 24.2. The van der Waals surface area contributed by atoms with Crippen LogP contribution in [-0.4, -0.2) is 31.1 Å². The quantitative estimate of drug-likeness (QED) is 0.644. The minimum Gasteiger partial charge on any atom is -0.426 e. The third-order valence-corrected chi connectivity index (χ3v) is 4.60. The van der Waals surface area contributed by atoms with Gasteiger partial charge in [-0.1, -0.05) is 0 Å². The van der Waals surface area contributed by atoms with E-state index in [1.807, 2.05) is 0 Å². The van der Waals surface area contributed by atoms with Gasteiger partial charge in [-0.25, -0.2) is 4.39 Å². The van der Waals surface area contributed by atoms with Crippen LogP contribution in [0.5, 0.6) is 5.75 Å². The Labute approximate surface area is 124 Å². The maximum Gasteiger partial charge on any atom is 0.315 e. The number of halogens is 1. The monoisotopic (exact) mass is 292 g/mol. The van der Waals surface area contributed by atoms with Crippen LogP contribution in [0.15, 0.2) is 18.2 Å². The van der Waals surface area contributed by atoms with Crippen LogP contribution in [0.2, 0.25) is 0 Å². The van der Waals surface area contributed by atoms with E-state index >= 15 is 0 Å². The van der Waals surface area contributed by atoms with Gasteiger partial charge in [0, 0.05) is 12.1 Å². The summed E-state index contributed by atoms with van der Waals surface area (Å²) < 4.78 is 18.5. The number of carbonyl (C=O) groups excluding carboxylic acids is 1. The van der Waals surface area contributed by atoms with Crippen LogP contribution in [0.3, 0.4) is 0 Å². The first-order valence-electron chi connectivity index (χ1n) is 7.52. The number of nitrogens with one attached hydrogen (secondary N) is 2. The first-order chi connectivity index (χ1) is 10.1. The van der Waals surface area contributed by atoms with Gasteiger partial charge in [-0.05, 0) is 63.0 Å². The van der Waals surface area contributed by atoms with Crippen LogP contribution in [-0.2, 0) is 4.79 Å². The lowest BCUT2D eigenvalue weighted by Gasteiger charge is -2.34. The van der Waals surface area contributed by atoms with Gasteiger partial charge in [0.25, 0.3) is 0 Å². The van der Waals surface area contributed by atoms with Crippen molar-refractivity contribution in [2.24, 2.45) is 5.92 Å². The molecular formula is C16H21FN2O2. The maximum absolute atomic E-state index is 13.1. The first-order valence-corrected chi connectivity index (χ1v) is 7.52. The average molecular weight is 292 g/mol. The standard InChI is InChI=1S/C16H21FN2O2/c1-11-8-13(17)2-3-14(11)21-15(20)12-9-16(19-10-12)4-6-18-7-5-16/h2-3,8,12,18-19H,4-7,9-10H2,1H3. The molecule has 21 heavy (non-hydrogen) atoms. The Morgan fingerprint density at radius 3 is 2.86 bits per heavy atom. The molecule has 0 saturated carbocycles. The van der Waals surface area contributed by atoms with E-state index < -0.39 is 0 Å². The van der Waals surface area contributed by atoms with Gasteiger partial charge in [-0.3, -0.25) is 4.79 Å². The molecular weight excluding hydrogens is 271 g/mol. The number of esters is 1. The zero-order valence-corrected chi connectivity index (χ0v) is 12.2. The lowest BCUT2D eigenvalue weighted by atomic mass is 9.84. The molecule has 114 valence electrons. The molecule has 0 radical (unpaired) electrons. The summed E-state index contributed by atoms with van der Waals surface area (Å²) >= 11 is 0. The first kappa shape index (κ1) is 14.5. The molecule has 4 nitrogen and oxygen atoms in total. The van der Waals surface area contributed by atoms with Crippen LogP contribution >= 0.6 is 0 Å². The second kappa shape index (κ2) is 5.73. The van der Waals surface area contributed by atoms with Gasteiger partial charge in [0.2, 0.25) is 0 Å². The van der Waals surface area contributed by atoms with Crippen molar-refractivity contribution in [1.82, 2.24) is 10.6 Å². The predicted octanol–water partition coefficient (Wildman–Crippen LogP) is 1.77. The van der Waals surface area contributed by atoms with E-state index in [-0.39, 0.29) is 23.2 Å². The number of piperidine rings is 1. The fraction of sp³-hybridized carbons (Fsp3) is 0.562. The molecule has 1 aromatic rings. The van der Waals surface area contributed by atoms with Crippen LogP contribution in [0.25, 0.3) is 0 Å². The predicted molar refractivity (Wildman–Crippen MR) is 77.7 cm³/mol. The van der Waals surface area contributed by atoms with Crippen molar-refractivity contribution in [3.05, 3.63) is 29.6 Å². The molecule has 0 aliphatic carbocycles. The second-order valence-corrected chi connectivity index (χ2v) is 6.14. The Bertz CT molecular complexity index is 541. The number of hydrogen-bond acceptors (Lipinski definition) is 4. The van der Waals surface area contributed by atoms with E-state index in [4.69, 9.17) is 4.74 Å². The largest absolute Gasteiger partial charge is 0.426 e. The van der Waals surface area contributed by atoms with Crippen LogP contribution in [0, 0.1) is 18.7 Å². The maximum atomic E-state index is 13.1. The zero-order valence-electron chi connectivity index (χ0n) is 12.2. The molecule has 0 amide bonds. The lowest BCUT2D eigenvalue weighted by molar-refractivity contribution is -0.138. The SMILES string of the molecule is Cc1cc(F)ccc1OC(=O)C1CNC2(CCNCC2)C1. The van der Waals surface area contributed by atoms with Crippen molar-refractivity contribution in [2.75, 3.05) is 19.6 Å². The van der Waals surface area contributed by atoms with Gasteiger partial charge in [0.1, 0.15) is 11.6 Å². The molecule has 2 N–H and O–H groups in total. The molecule has 5 heteroatoms. The Morgan fingerprint density at radius 2 is 2.14 bits per heavy atom. The molecule has 1 aromatic carbocycles. The fourth-order valence-electron chi connectivity index (χ4n) is 3.33. The summed E-state index contributed by atoms with van der Waals surface area (Å²) in [6, 6.07) is 4.21. The molecule has 2 aliphatic heterocycles. The molecule has 2 fully saturated rings. The number of hydrogen-bond donors (Lipinski definition) is 2. The summed E-state index contributed by atoms with van der Waals surface area (Å²) in [7, 11) is 0. The van der Waals surface area contributed by atoms with Crippen LogP contribution in [0.4, 0.5) is 4.39 Å². The highest BCUT2D eigenvalue weighted by molar-refractivity contribution is 5.76. The number of rotatable bonds is 2. The number of ether oxygens (including phenoxy) is 1. The third-order valence-electron chi connectivity index (χ3n) is 4.60. The molecule has 2 aliphatic rings. The Balaban J connectivity index is 1.64. The summed E-state index contributed by atoms with van der Waals surface area (Å²) in [6.07, 6.45) is 2.92.